The van der Waals surface area contributed by atoms with Crippen LogP contribution in [0.25, 0.3) is 6.08 Å². The molecule has 0 saturated carbocycles. The summed E-state index contributed by atoms with van der Waals surface area (Å²) in [6.07, 6.45) is 3.79. The second-order valence-corrected chi connectivity index (χ2v) is 2.73. The first-order chi connectivity index (χ1) is 7.24. The van der Waals surface area contributed by atoms with Crippen LogP contribution >= 0.6 is 0 Å². The number of carbonyl (C=O) groups is 2. The van der Waals surface area contributed by atoms with Crippen molar-refractivity contribution in [3.8, 4) is 11.5 Å². The number of phenols is 1. The minimum Gasteiger partial charge on any atom is -0.504 e. The van der Waals surface area contributed by atoms with Crippen LogP contribution in [0, 0.1) is 0 Å². The fourth-order valence-corrected chi connectivity index (χ4v) is 1.18. The van der Waals surface area contributed by atoms with Gasteiger partial charge < -0.3 is 9.84 Å². The van der Waals surface area contributed by atoms with Crippen LogP contribution in [-0.2, 0) is 4.79 Å². The summed E-state index contributed by atoms with van der Waals surface area (Å²) in [5.74, 6) is 0.000835. The Morgan fingerprint density at radius 1 is 1.33 bits per heavy atom. The summed E-state index contributed by atoms with van der Waals surface area (Å²) in [7, 11) is 1.39. The molecule has 15 heavy (non-hydrogen) atoms. The average Bonchev–Trinajstić information content (AvgIpc) is 2.26. The largest absolute Gasteiger partial charge is 0.504 e. The molecular formula is C11H10O4. The van der Waals surface area contributed by atoms with Crippen LogP contribution in [0.1, 0.15) is 15.9 Å². The highest BCUT2D eigenvalue weighted by atomic mass is 16.5. The van der Waals surface area contributed by atoms with Gasteiger partial charge in [-0.2, -0.15) is 0 Å². The lowest BCUT2D eigenvalue weighted by molar-refractivity contribution is -0.104. The highest BCUT2D eigenvalue weighted by molar-refractivity contribution is 5.89. The molecule has 0 unspecified atom stereocenters. The standard InChI is InChI=1S/C11H10O4/c1-15-10-5-4-8(3-2-6-12)9(7-13)11(10)14/h2-7,14H,1H3. The Labute approximate surface area is 86.8 Å². The monoisotopic (exact) mass is 206 g/mol. The molecule has 0 spiro atoms. The predicted octanol–water partition coefficient (Wildman–Crippen LogP) is 1.43. The first-order valence-corrected chi connectivity index (χ1v) is 4.21. The van der Waals surface area contributed by atoms with Crippen LogP contribution in [0.15, 0.2) is 18.2 Å². The van der Waals surface area contributed by atoms with E-state index in [0.717, 1.165) is 0 Å². The summed E-state index contributed by atoms with van der Waals surface area (Å²) in [5.41, 5.74) is 0.572. The van der Waals surface area contributed by atoms with Crippen molar-refractivity contribution in [2.24, 2.45) is 0 Å². The number of hydrogen-bond donors (Lipinski definition) is 1. The average molecular weight is 206 g/mol. The smallest absolute Gasteiger partial charge is 0.168 e. The first kappa shape index (κ1) is 11.0. The van der Waals surface area contributed by atoms with Gasteiger partial charge in [0.15, 0.2) is 17.8 Å². The van der Waals surface area contributed by atoms with Gasteiger partial charge in [-0.05, 0) is 17.7 Å². The Bertz CT molecular complexity index is 407. The maximum absolute atomic E-state index is 10.7. The topological polar surface area (TPSA) is 63.6 Å². The van der Waals surface area contributed by atoms with Gasteiger partial charge in [0.05, 0.1) is 12.7 Å². The predicted molar refractivity (Wildman–Crippen MR) is 55.1 cm³/mol. The van der Waals surface area contributed by atoms with Crippen molar-refractivity contribution in [2.75, 3.05) is 7.11 Å². The fraction of sp³-hybridized carbons (Fsp3) is 0.0909. The summed E-state index contributed by atoms with van der Waals surface area (Å²) in [5, 5.41) is 9.59. The van der Waals surface area contributed by atoms with Gasteiger partial charge in [-0.15, -0.1) is 0 Å². The molecule has 0 saturated heterocycles. The molecule has 0 aliphatic heterocycles. The number of phenolic OH excluding ortho intramolecular Hbond substituents is 1. The van der Waals surface area contributed by atoms with E-state index in [4.69, 9.17) is 4.74 Å². The third-order valence-electron chi connectivity index (χ3n) is 1.91. The second kappa shape index (κ2) is 4.95. The van der Waals surface area contributed by atoms with E-state index in [0.29, 0.717) is 18.1 Å². The number of carbonyl (C=O) groups excluding carboxylic acids is 2. The van der Waals surface area contributed by atoms with Gasteiger partial charge in [0, 0.05) is 0 Å². The first-order valence-electron chi connectivity index (χ1n) is 4.21. The Morgan fingerprint density at radius 3 is 2.60 bits per heavy atom. The van der Waals surface area contributed by atoms with Crippen LogP contribution in [0.3, 0.4) is 0 Å². The third-order valence-corrected chi connectivity index (χ3v) is 1.91. The lowest BCUT2D eigenvalue weighted by Crippen LogP contribution is -1.91. The van der Waals surface area contributed by atoms with Gasteiger partial charge >= 0.3 is 0 Å². The van der Waals surface area contributed by atoms with Crippen molar-refractivity contribution in [3.63, 3.8) is 0 Å². The number of benzene rings is 1. The minimum absolute atomic E-state index is 0.104. The van der Waals surface area contributed by atoms with E-state index in [1.54, 1.807) is 6.07 Å². The quantitative estimate of drug-likeness (QED) is 0.597. The highest BCUT2D eigenvalue weighted by Crippen LogP contribution is 2.31. The van der Waals surface area contributed by atoms with Gasteiger partial charge in [0.2, 0.25) is 0 Å². The summed E-state index contributed by atoms with van der Waals surface area (Å²) in [4.78, 5) is 20.9. The van der Waals surface area contributed by atoms with Crippen LogP contribution in [0.4, 0.5) is 0 Å². The zero-order valence-electron chi connectivity index (χ0n) is 8.14. The molecule has 0 atom stereocenters. The minimum atomic E-state index is -0.222. The Balaban J connectivity index is 3.30. The Kier molecular flexibility index (Phi) is 3.62. The van der Waals surface area contributed by atoms with Crippen molar-refractivity contribution in [3.05, 3.63) is 29.3 Å². The van der Waals surface area contributed by atoms with E-state index in [9.17, 15) is 14.7 Å². The molecule has 0 aliphatic carbocycles. The maximum Gasteiger partial charge on any atom is 0.168 e. The SMILES string of the molecule is COc1ccc(C=CC=O)c(C=O)c1O. The molecule has 0 amide bonds. The Hall–Kier alpha value is -2.10. The second-order valence-electron chi connectivity index (χ2n) is 2.73. The molecule has 0 radical (unpaired) electrons. The van der Waals surface area contributed by atoms with Gasteiger partial charge in [-0.1, -0.05) is 12.1 Å². The number of allylic oxidation sites excluding steroid dienone is 1. The molecule has 1 rings (SSSR count). The van der Waals surface area contributed by atoms with Gasteiger partial charge in [0.25, 0.3) is 0 Å². The normalized spacial score (nSPS) is 10.2. The summed E-state index contributed by atoms with van der Waals surface area (Å²) >= 11 is 0. The molecule has 78 valence electrons. The van der Waals surface area contributed by atoms with Crippen molar-refractivity contribution < 1.29 is 19.4 Å². The maximum atomic E-state index is 10.7. The molecule has 4 nitrogen and oxygen atoms in total. The van der Waals surface area contributed by atoms with Crippen molar-refractivity contribution >= 4 is 18.6 Å². The van der Waals surface area contributed by atoms with E-state index < -0.39 is 0 Å². The van der Waals surface area contributed by atoms with E-state index >= 15 is 0 Å². The molecule has 0 aromatic heterocycles. The van der Waals surface area contributed by atoms with E-state index in [-0.39, 0.29) is 17.1 Å². The molecule has 1 aromatic rings. The van der Waals surface area contributed by atoms with Crippen molar-refractivity contribution in [1.82, 2.24) is 0 Å². The van der Waals surface area contributed by atoms with Gasteiger partial charge in [0.1, 0.15) is 6.29 Å². The molecule has 0 aliphatic rings. The van der Waals surface area contributed by atoms with Crippen molar-refractivity contribution in [1.29, 1.82) is 0 Å². The lowest BCUT2D eigenvalue weighted by atomic mass is 10.1. The number of aldehydes is 2. The molecule has 1 N–H and O–H groups in total. The van der Waals surface area contributed by atoms with E-state index in [2.05, 4.69) is 0 Å². The van der Waals surface area contributed by atoms with Crippen LogP contribution in [-0.4, -0.2) is 24.8 Å². The van der Waals surface area contributed by atoms with Crippen LogP contribution in [0.2, 0.25) is 0 Å². The summed E-state index contributed by atoms with van der Waals surface area (Å²) in [6.45, 7) is 0. The third kappa shape index (κ3) is 2.22. The van der Waals surface area contributed by atoms with Gasteiger partial charge in [-0.25, -0.2) is 0 Å². The van der Waals surface area contributed by atoms with Crippen molar-refractivity contribution in [2.45, 2.75) is 0 Å². The number of rotatable bonds is 4. The number of methoxy groups -OCH3 is 1. The molecule has 0 heterocycles. The van der Waals surface area contributed by atoms with Crippen LogP contribution < -0.4 is 4.74 Å². The number of hydrogen-bond acceptors (Lipinski definition) is 4. The number of aromatic hydroxyl groups is 1. The molecule has 0 fully saturated rings. The zero-order chi connectivity index (χ0) is 11.3. The molecule has 1 aromatic carbocycles. The number of ether oxygens (including phenoxy) is 1. The molecular weight excluding hydrogens is 196 g/mol. The zero-order valence-corrected chi connectivity index (χ0v) is 8.14. The fourth-order valence-electron chi connectivity index (χ4n) is 1.18. The summed E-state index contributed by atoms with van der Waals surface area (Å²) in [6, 6.07) is 3.11. The van der Waals surface area contributed by atoms with Gasteiger partial charge in [-0.3, -0.25) is 9.59 Å². The highest BCUT2D eigenvalue weighted by Gasteiger charge is 2.10. The van der Waals surface area contributed by atoms with E-state index in [1.165, 1.54) is 25.3 Å². The summed E-state index contributed by atoms with van der Waals surface area (Å²) < 4.78 is 4.84. The Morgan fingerprint density at radius 2 is 2.07 bits per heavy atom. The van der Waals surface area contributed by atoms with Crippen LogP contribution in [0.5, 0.6) is 11.5 Å². The molecule has 0 bridgehead atoms. The molecule has 4 heteroatoms. The van der Waals surface area contributed by atoms with E-state index in [1.807, 2.05) is 0 Å². The lowest BCUT2D eigenvalue weighted by Gasteiger charge is -2.07.